The van der Waals surface area contributed by atoms with Gasteiger partial charge in [-0.25, -0.2) is 4.98 Å². The number of nitrogens with zero attached hydrogens (tertiary/aromatic N) is 1. The van der Waals surface area contributed by atoms with Crippen molar-refractivity contribution in [3.63, 3.8) is 0 Å². The van der Waals surface area contributed by atoms with Crippen LogP contribution < -0.4 is 5.32 Å². The topological polar surface area (TPSA) is 60.9 Å². The van der Waals surface area contributed by atoms with E-state index in [2.05, 4.69) is 22.2 Å². The lowest BCUT2D eigenvalue weighted by Gasteiger charge is -2.14. The molecule has 0 bridgehead atoms. The largest absolute Gasteiger partial charge is 0.508 e. The van der Waals surface area contributed by atoms with Gasteiger partial charge in [-0.15, -0.1) is 0 Å². The van der Waals surface area contributed by atoms with Crippen LogP contribution in [0.3, 0.4) is 0 Å². The van der Waals surface area contributed by atoms with Crippen molar-refractivity contribution in [2.24, 2.45) is 0 Å². The fraction of sp³-hybridized carbons (Fsp3) is 0.308. The lowest BCUT2D eigenvalue weighted by Crippen LogP contribution is -2.21. The second-order valence-electron chi connectivity index (χ2n) is 3.99. The van der Waals surface area contributed by atoms with E-state index in [1.54, 1.807) is 18.3 Å². The van der Waals surface area contributed by atoms with Gasteiger partial charge in [-0.2, -0.15) is 0 Å². The van der Waals surface area contributed by atoms with Crippen molar-refractivity contribution in [3.05, 3.63) is 48.0 Å². The van der Waals surface area contributed by atoms with Crippen LogP contribution in [0, 0.1) is 0 Å². The van der Waals surface area contributed by atoms with E-state index in [9.17, 15) is 5.11 Å². The number of benzene rings is 1. The molecule has 0 aliphatic carbocycles. The molecule has 1 aromatic heterocycles. The van der Waals surface area contributed by atoms with Gasteiger partial charge in [0.05, 0.1) is 6.04 Å². The highest BCUT2D eigenvalue weighted by Gasteiger charge is 2.10. The summed E-state index contributed by atoms with van der Waals surface area (Å²) >= 11 is 0. The van der Waals surface area contributed by atoms with E-state index in [0.717, 1.165) is 17.8 Å². The molecular weight excluding hydrogens is 214 g/mol. The zero-order valence-electron chi connectivity index (χ0n) is 9.85. The highest BCUT2D eigenvalue weighted by Crippen LogP contribution is 2.14. The van der Waals surface area contributed by atoms with Gasteiger partial charge in [0.2, 0.25) is 0 Å². The molecule has 4 nitrogen and oxygen atoms in total. The molecule has 0 radical (unpaired) electrons. The monoisotopic (exact) mass is 231 g/mol. The number of imidazole rings is 1. The number of nitrogens with one attached hydrogen (secondary N) is 2. The van der Waals surface area contributed by atoms with Gasteiger partial charge in [0.1, 0.15) is 11.6 Å². The molecule has 0 spiro atoms. The summed E-state index contributed by atoms with van der Waals surface area (Å²) in [6.45, 7) is 2.83. The molecule has 3 N–H and O–H groups in total. The van der Waals surface area contributed by atoms with Gasteiger partial charge in [-0.1, -0.05) is 19.1 Å². The Bertz CT molecular complexity index is 453. The first-order valence-corrected chi connectivity index (χ1v) is 5.80. The summed E-state index contributed by atoms with van der Waals surface area (Å²) in [4.78, 5) is 7.36. The molecule has 1 aromatic carbocycles. The number of phenolic OH excluding ortho intramolecular Hbond substituents is 1. The number of hydrogen-bond donors (Lipinski definition) is 3. The van der Waals surface area contributed by atoms with Gasteiger partial charge in [0.25, 0.3) is 0 Å². The predicted molar refractivity (Wildman–Crippen MR) is 66.6 cm³/mol. The van der Waals surface area contributed by atoms with Gasteiger partial charge in [-0.3, -0.25) is 0 Å². The quantitative estimate of drug-likeness (QED) is 0.740. The maximum atomic E-state index is 9.37. The normalized spacial score (nSPS) is 12.5. The van der Waals surface area contributed by atoms with Crippen LogP contribution >= 0.6 is 0 Å². The lowest BCUT2D eigenvalue weighted by atomic mass is 10.1. The Labute approximate surface area is 101 Å². The first-order chi connectivity index (χ1) is 8.29. The number of aromatic hydroxyl groups is 1. The van der Waals surface area contributed by atoms with Crippen LogP contribution in [0.25, 0.3) is 0 Å². The molecule has 2 rings (SSSR count). The van der Waals surface area contributed by atoms with Crippen LogP contribution in [0.4, 0.5) is 0 Å². The summed E-state index contributed by atoms with van der Waals surface area (Å²) in [6, 6.07) is 7.49. The summed E-state index contributed by atoms with van der Waals surface area (Å²) in [7, 11) is 0. The van der Waals surface area contributed by atoms with E-state index in [1.807, 2.05) is 18.3 Å². The molecular formula is C13H17N3O. The minimum Gasteiger partial charge on any atom is -0.508 e. The molecule has 0 fully saturated rings. The Morgan fingerprint density at radius 3 is 3.00 bits per heavy atom. The Hall–Kier alpha value is -1.81. The number of phenols is 1. The van der Waals surface area contributed by atoms with E-state index in [4.69, 9.17) is 0 Å². The molecule has 1 unspecified atom stereocenters. The minimum absolute atomic E-state index is 0.215. The fourth-order valence-corrected chi connectivity index (χ4v) is 1.81. The molecule has 90 valence electrons. The summed E-state index contributed by atoms with van der Waals surface area (Å²) < 4.78 is 0. The molecule has 17 heavy (non-hydrogen) atoms. The van der Waals surface area contributed by atoms with Crippen LogP contribution in [0.2, 0.25) is 0 Å². The summed E-state index contributed by atoms with van der Waals surface area (Å²) in [6.07, 6.45) is 4.55. The Kier molecular flexibility index (Phi) is 3.77. The average Bonchev–Trinajstić information content (AvgIpc) is 2.84. The van der Waals surface area contributed by atoms with E-state index in [1.165, 1.54) is 0 Å². The molecule has 1 atom stereocenters. The van der Waals surface area contributed by atoms with Gasteiger partial charge < -0.3 is 15.4 Å². The molecule has 0 saturated heterocycles. The number of hydrogen-bond acceptors (Lipinski definition) is 3. The van der Waals surface area contributed by atoms with Gasteiger partial charge >= 0.3 is 0 Å². The lowest BCUT2D eigenvalue weighted by molar-refractivity contribution is 0.470. The van der Waals surface area contributed by atoms with Crippen molar-refractivity contribution in [1.82, 2.24) is 15.3 Å². The number of H-pyrrole nitrogens is 1. The van der Waals surface area contributed by atoms with Crippen LogP contribution in [-0.4, -0.2) is 15.1 Å². The third-order valence-electron chi connectivity index (χ3n) is 2.72. The summed E-state index contributed by atoms with van der Waals surface area (Å²) in [5.41, 5.74) is 1.06. The summed E-state index contributed by atoms with van der Waals surface area (Å²) in [5.74, 6) is 1.25. The third kappa shape index (κ3) is 3.07. The van der Waals surface area contributed by atoms with Crippen LogP contribution in [-0.2, 0) is 6.54 Å². The number of aromatic amines is 1. The smallest absolute Gasteiger partial charge is 0.123 e. The predicted octanol–water partition coefficient (Wildman–Crippen LogP) is 2.36. The Morgan fingerprint density at radius 2 is 2.35 bits per heavy atom. The average molecular weight is 231 g/mol. The van der Waals surface area contributed by atoms with Crippen molar-refractivity contribution in [1.29, 1.82) is 0 Å². The van der Waals surface area contributed by atoms with E-state index in [-0.39, 0.29) is 6.04 Å². The minimum atomic E-state index is 0.215. The van der Waals surface area contributed by atoms with Crippen molar-refractivity contribution in [2.45, 2.75) is 25.9 Å². The van der Waals surface area contributed by atoms with Gasteiger partial charge in [0.15, 0.2) is 0 Å². The van der Waals surface area contributed by atoms with E-state index >= 15 is 0 Å². The molecule has 0 aliphatic heterocycles. The fourth-order valence-electron chi connectivity index (χ4n) is 1.81. The van der Waals surface area contributed by atoms with Crippen molar-refractivity contribution in [3.8, 4) is 5.75 Å². The number of aromatic nitrogens is 2. The second kappa shape index (κ2) is 5.50. The third-order valence-corrected chi connectivity index (χ3v) is 2.72. The summed E-state index contributed by atoms with van der Waals surface area (Å²) in [5, 5.41) is 12.8. The first kappa shape index (κ1) is 11.7. The zero-order chi connectivity index (χ0) is 12.1. The molecule has 0 amide bonds. The maximum absolute atomic E-state index is 9.37. The second-order valence-corrected chi connectivity index (χ2v) is 3.99. The maximum Gasteiger partial charge on any atom is 0.123 e. The van der Waals surface area contributed by atoms with Crippen molar-refractivity contribution in [2.75, 3.05) is 0 Å². The molecule has 2 aromatic rings. The molecule has 4 heteroatoms. The Balaban J connectivity index is 1.97. The molecule has 0 aliphatic rings. The van der Waals surface area contributed by atoms with E-state index < -0.39 is 0 Å². The van der Waals surface area contributed by atoms with Gasteiger partial charge in [0, 0.05) is 18.9 Å². The Morgan fingerprint density at radius 1 is 1.47 bits per heavy atom. The van der Waals surface area contributed by atoms with Gasteiger partial charge in [-0.05, 0) is 24.1 Å². The van der Waals surface area contributed by atoms with E-state index in [0.29, 0.717) is 12.3 Å². The highest BCUT2D eigenvalue weighted by molar-refractivity contribution is 5.27. The zero-order valence-corrected chi connectivity index (χ0v) is 9.85. The molecule has 0 saturated carbocycles. The van der Waals surface area contributed by atoms with Crippen LogP contribution in [0.5, 0.6) is 5.75 Å². The van der Waals surface area contributed by atoms with Crippen LogP contribution in [0.15, 0.2) is 36.7 Å². The van der Waals surface area contributed by atoms with Crippen molar-refractivity contribution < 1.29 is 5.11 Å². The number of rotatable bonds is 5. The first-order valence-electron chi connectivity index (χ1n) is 5.80. The molecule has 1 heterocycles. The van der Waals surface area contributed by atoms with Crippen LogP contribution in [0.1, 0.15) is 30.8 Å². The standard InChI is InChI=1S/C13H17N3O/c1-2-12(13-14-6-7-15-13)16-9-10-4-3-5-11(17)8-10/h3-8,12,16-17H,2,9H2,1H3,(H,14,15). The van der Waals surface area contributed by atoms with Crippen molar-refractivity contribution >= 4 is 0 Å². The highest BCUT2D eigenvalue weighted by atomic mass is 16.3. The SMILES string of the molecule is CCC(NCc1cccc(O)c1)c1ncc[nH]1.